The Kier molecular flexibility index (Phi) is 5.07. The molecule has 1 aromatic heterocycles. The average Bonchev–Trinajstić information content (AvgIpc) is 2.43. The zero-order valence-electron chi connectivity index (χ0n) is 10.8. The predicted octanol–water partition coefficient (Wildman–Crippen LogP) is 3.97. The number of para-hydroxylation sites is 1. The van der Waals surface area contributed by atoms with Crippen LogP contribution in [0.25, 0.3) is 0 Å². The Balaban J connectivity index is 2.25. The van der Waals surface area contributed by atoms with Crippen molar-refractivity contribution in [2.24, 2.45) is 0 Å². The summed E-state index contributed by atoms with van der Waals surface area (Å²) < 4.78 is 5.82. The summed E-state index contributed by atoms with van der Waals surface area (Å²) in [6.45, 7) is 0.682. The lowest BCUT2D eigenvalue weighted by atomic mass is 10.2. The normalized spacial score (nSPS) is 10.5. The minimum absolute atomic E-state index is 0.552. The average molecular weight is 295 g/mol. The van der Waals surface area contributed by atoms with Crippen molar-refractivity contribution in [2.75, 3.05) is 13.3 Å². The van der Waals surface area contributed by atoms with Gasteiger partial charge in [-0.1, -0.05) is 23.7 Å². The molecule has 0 atom stereocenters. The molecule has 100 valence electrons. The first-order valence-corrected chi connectivity index (χ1v) is 7.44. The van der Waals surface area contributed by atoms with E-state index in [1.54, 1.807) is 18.0 Å². The minimum Gasteiger partial charge on any atom is -0.438 e. The van der Waals surface area contributed by atoms with Crippen LogP contribution >= 0.6 is 23.4 Å². The number of halogens is 1. The van der Waals surface area contributed by atoms with Gasteiger partial charge in [-0.05, 0) is 31.0 Å². The Labute approximate surface area is 122 Å². The van der Waals surface area contributed by atoms with Crippen molar-refractivity contribution >= 4 is 23.4 Å². The zero-order chi connectivity index (χ0) is 13.7. The van der Waals surface area contributed by atoms with E-state index in [0.29, 0.717) is 17.4 Å². The first-order valence-electron chi connectivity index (χ1n) is 5.84. The van der Waals surface area contributed by atoms with Crippen LogP contribution in [-0.4, -0.2) is 18.3 Å². The van der Waals surface area contributed by atoms with Crippen molar-refractivity contribution in [3.8, 4) is 11.6 Å². The molecule has 0 amide bonds. The second kappa shape index (κ2) is 6.80. The van der Waals surface area contributed by atoms with E-state index in [1.165, 1.54) is 0 Å². The smallest absolute Gasteiger partial charge is 0.219 e. The molecule has 0 radical (unpaired) electrons. The lowest BCUT2D eigenvalue weighted by molar-refractivity contribution is 0.451. The van der Waals surface area contributed by atoms with E-state index in [4.69, 9.17) is 16.3 Å². The summed E-state index contributed by atoms with van der Waals surface area (Å²) in [6.07, 6.45) is 3.63. The second-order valence-electron chi connectivity index (χ2n) is 3.90. The summed E-state index contributed by atoms with van der Waals surface area (Å²) in [4.78, 5) is 5.28. The summed E-state index contributed by atoms with van der Waals surface area (Å²) in [5.41, 5.74) is 0.968. The van der Waals surface area contributed by atoms with Crippen molar-refractivity contribution < 1.29 is 4.74 Å². The number of ether oxygens (including phenoxy) is 1. The fourth-order valence-electron chi connectivity index (χ4n) is 1.66. The van der Waals surface area contributed by atoms with Crippen LogP contribution in [0.1, 0.15) is 5.56 Å². The number of nitrogens with zero attached hydrogens (tertiary/aromatic N) is 1. The molecular formula is C14H15ClN2OS. The molecule has 5 heteroatoms. The van der Waals surface area contributed by atoms with Crippen LogP contribution in [0.3, 0.4) is 0 Å². The number of hydrogen-bond acceptors (Lipinski definition) is 4. The Morgan fingerprint density at radius 2 is 2.16 bits per heavy atom. The third-order valence-electron chi connectivity index (χ3n) is 2.56. The van der Waals surface area contributed by atoms with Crippen LogP contribution in [0.5, 0.6) is 11.6 Å². The van der Waals surface area contributed by atoms with Crippen molar-refractivity contribution in [1.29, 1.82) is 0 Å². The molecule has 0 spiro atoms. The number of nitrogens with one attached hydrogen (secondary N) is 1. The van der Waals surface area contributed by atoms with Gasteiger partial charge >= 0.3 is 0 Å². The van der Waals surface area contributed by atoms with Gasteiger partial charge in [0.1, 0.15) is 5.75 Å². The number of hydrogen-bond donors (Lipinski definition) is 1. The third kappa shape index (κ3) is 3.62. The maximum atomic E-state index is 6.07. The van der Waals surface area contributed by atoms with Gasteiger partial charge in [-0.2, -0.15) is 0 Å². The summed E-state index contributed by atoms with van der Waals surface area (Å²) >= 11 is 7.72. The third-order valence-corrected chi connectivity index (χ3v) is 3.68. The van der Waals surface area contributed by atoms with E-state index in [9.17, 15) is 0 Å². The van der Waals surface area contributed by atoms with Gasteiger partial charge in [0, 0.05) is 23.7 Å². The molecule has 0 saturated heterocycles. The van der Waals surface area contributed by atoms with Crippen molar-refractivity contribution in [2.45, 2.75) is 11.4 Å². The van der Waals surface area contributed by atoms with E-state index >= 15 is 0 Å². The van der Waals surface area contributed by atoms with Gasteiger partial charge < -0.3 is 10.1 Å². The number of pyridine rings is 1. The SMILES string of the molecule is CNCc1cc(Oc2ccccc2SC)ncc1Cl. The summed E-state index contributed by atoms with van der Waals surface area (Å²) in [7, 11) is 1.88. The number of aromatic nitrogens is 1. The van der Waals surface area contributed by atoms with Gasteiger partial charge in [-0.25, -0.2) is 4.98 Å². The van der Waals surface area contributed by atoms with Gasteiger partial charge in [0.05, 0.1) is 5.02 Å². The van der Waals surface area contributed by atoms with Crippen LogP contribution in [0, 0.1) is 0 Å². The second-order valence-corrected chi connectivity index (χ2v) is 5.15. The molecule has 0 saturated carbocycles. The number of rotatable bonds is 5. The highest BCUT2D eigenvalue weighted by Gasteiger charge is 2.07. The molecular weight excluding hydrogens is 280 g/mol. The van der Waals surface area contributed by atoms with E-state index < -0.39 is 0 Å². The lowest BCUT2D eigenvalue weighted by Crippen LogP contribution is -2.06. The van der Waals surface area contributed by atoms with Crippen molar-refractivity contribution in [3.05, 3.63) is 47.1 Å². The summed E-state index contributed by atoms with van der Waals surface area (Å²) in [6, 6.07) is 9.74. The summed E-state index contributed by atoms with van der Waals surface area (Å²) in [5, 5.41) is 3.71. The quantitative estimate of drug-likeness (QED) is 0.846. The Morgan fingerprint density at radius 1 is 1.37 bits per heavy atom. The molecule has 19 heavy (non-hydrogen) atoms. The van der Waals surface area contributed by atoms with Crippen LogP contribution in [0.15, 0.2) is 41.4 Å². The van der Waals surface area contributed by atoms with E-state index in [2.05, 4.69) is 10.3 Å². The molecule has 0 aliphatic heterocycles. The fourth-order valence-corrected chi connectivity index (χ4v) is 2.35. The van der Waals surface area contributed by atoms with Crippen LogP contribution in [0.2, 0.25) is 5.02 Å². The molecule has 2 rings (SSSR count). The monoisotopic (exact) mass is 294 g/mol. The van der Waals surface area contributed by atoms with Gasteiger partial charge in [0.25, 0.3) is 0 Å². The van der Waals surface area contributed by atoms with E-state index in [-0.39, 0.29) is 0 Å². The molecule has 1 heterocycles. The topological polar surface area (TPSA) is 34.1 Å². The number of thioether (sulfide) groups is 1. The highest BCUT2D eigenvalue weighted by Crippen LogP contribution is 2.31. The molecule has 3 nitrogen and oxygen atoms in total. The Hall–Kier alpha value is -1.23. The summed E-state index contributed by atoms with van der Waals surface area (Å²) in [5.74, 6) is 1.36. The molecule has 0 unspecified atom stereocenters. The largest absolute Gasteiger partial charge is 0.438 e. The lowest BCUT2D eigenvalue weighted by Gasteiger charge is -2.10. The van der Waals surface area contributed by atoms with Crippen LogP contribution in [0.4, 0.5) is 0 Å². The Morgan fingerprint density at radius 3 is 2.89 bits per heavy atom. The standard InChI is InChI=1S/C14H15ClN2OS/c1-16-8-10-7-14(17-9-11(10)15)18-12-5-3-4-6-13(12)19-2/h3-7,9,16H,8H2,1-2H3. The van der Waals surface area contributed by atoms with Gasteiger partial charge in [-0.3, -0.25) is 0 Å². The van der Waals surface area contributed by atoms with Gasteiger partial charge in [0.2, 0.25) is 5.88 Å². The molecule has 0 aliphatic carbocycles. The van der Waals surface area contributed by atoms with E-state index in [0.717, 1.165) is 16.2 Å². The molecule has 0 bridgehead atoms. The molecule has 0 aliphatic rings. The molecule has 1 N–H and O–H groups in total. The molecule has 0 fully saturated rings. The van der Waals surface area contributed by atoms with Crippen molar-refractivity contribution in [1.82, 2.24) is 10.3 Å². The highest BCUT2D eigenvalue weighted by atomic mass is 35.5. The zero-order valence-corrected chi connectivity index (χ0v) is 12.4. The van der Waals surface area contributed by atoms with Gasteiger partial charge in [-0.15, -0.1) is 11.8 Å². The predicted molar refractivity (Wildman–Crippen MR) is 80.3 cm³/mol. The van der Waals surface area contributed by atoms with Gasteiger partial charge in [0.15, 0.2) is 0 Å². The fraction of sp³-hybridized carbons (Fsp3) is 0.214. The first-order chi connectivity index (χ1) is 9.24. The molecule has 2 aromatic rings. The number of benzene rings is 1. The Bertz CT molecular complexity index is 563. The van der Waals surface area contributed by atoms with E-state index in [1.807, 2.05) is 43.6 Å². The maximum absolute atomic E-state index is 6.07. The minimum atomic E-state index is 0.552. The highest BCUT2D eigenvalue weighted by molar-refractivity contribution is 7.98. The first kappa shape index (κ1) is 14.2. The molecule has 1 aromatic carbocycles. The maximum Gasteiger partial charge on any atom is 0.219 e. The van der Waals surface area contributed by atoms with Crippen molar-refractivity contribution in [3.63, 3.8) is 0 Å². The van der Waals surface area contributed by atoms with Crippen LogP contribution in [-0.2, 0) is 6.54 Å². The van der Waals surface area contributed by atoms with Crippen LogP contribution < -0.4 is 10.1 Å².